The smallest absolute Gasteiger partial charge is 0.331 e. The summed E-state index contributed by atoms with van der Waals surface area (Å²) in [4.78, 5) is 29.2. The second kappa shape index (κ2) is 7.78. The number of halogens is 1. The molecule has 4 atom stereocenters. The number of hydrogen-bond donors (Lipinski definition) is 0. The van der Waals surface area contributed by atoms with Gasteiger partial charge in [0.15, 0.2) is 0 Å². The van der Waals surface area contributed by atoms with Crippen LogP contribution < -0.4 is 4.90 Å². The summed E-state index contributed by atoms with van der Waals surface area (Å²) in [5, 5.41) is 0.471. The summed E-state index contributed by atoms with van der Waals surface area (Å²) in [6, 6.07) is 6.17. The van der Waals surface area contributed by atoms with Gasteiger partial charge in [-0.25, -0.2) is 9.69 Å². The normalized spacial score (nSPS) is 28.9. The number of amides is 3. The van der Waals surface area contributed by atoms with E-state index in [2.05, 4.69) is 6.58 Å². The van der Waals surface area contributed by atoms with Crippen LogP contribution in [0.2, 0.25) is 5.02 Å². The Hall–Kier alpha value is -1.89. The van der Waals surface area contributed by atoms with Crippen molar-refractivity contribution in [1.29, 1.82) is 0 Å². The molecule has 2 fully saturated rings. The van der Waals surface area contributed by atoms with Crippen molar-refractivity contribution < 1.29 is 19.1 Å². The SMILES string of the molecule is C=CCN1C(=O)N(c2cccc(Cl)c2)C(=O)C2CC(OC)C(OC)CC21. The van der Waals surface area contributed by atoms with E-state index in [9.17, 15) is 9.59 Å². The van der Waals surface area contributed by atoms with E-state index < -0.39 is 0 Å². The van der Waals surface area contributed by atoms with Crippen molar-refractivity contribution in [3.8, 4) is 0 Å². The zero-order chi connectivity index (χ0) is 18.8. The third kappa shape index (κ3) is 3.24. The number of urea groups is 1. The van der Waals surface area contributed by atoms with Crippen LogP contribution in [0.15, 0.2) is 36.9 Å². The first kappa shape index (κ1) is 18.9. The molecule has 2 aliphatic rings. The third-order valence-corrected chi connectivity index (χ3v) is 5.45. The molecule has 1 aliphatic heterocycles. The van der Waals surface area contributed by atoms with Gasteiger partial charge in [0.1, 0.15) is 0 Å². The van der Waals surface area contributed by atoms with Crippen molar-refractivity contribution in [2.75, 3.05) is 25.7 Å². The zero-order valence-corrected chi connectivity index (χ0v) is 15.7. The average Bonchev–Trinajstić information content (AvgIpc) is 2.64. The summed E-state index contributed by atoms with van der Waals surface area (Å²) in [6.07, 6.45) is 2.37. The molecule has 1 saturated heterocycles. The Morgan fingerprint density at radius 2 is 1.92 bits per heavy atom. The van der Waals surface area contributed by atoms with Crippen LogP contribution in [0.5, 0.6) is 0 Å². The number of fused-ring (bicyclic) bond motifs is 1. The summed E-state index contributed by atoms with van der Waals surface area (Å²) in [7, 11) is 3.24. The van der Waals surface area contributed by atoms with Crippen molar-refractivity contribution >= 4 is 29.2 Å². The molecular weight excluding hydrogens is 356 g/mol. The number of benzene rings is 1. The molecule has 140 valence electrons. The second-order valence-electron chi connectivity index (χ2n) is 6.57. The summed E-state index contributed by atoms with van der Waals surface area (Å²) in [5.41, 5.74) is 0.475. The van der Waals surface area contributed by atoms with Crippen molar-refractivity contribution in [1.82, 2.24) is 4.90 Å². The fraction of sp³-hybridized carbons (Fsp3) is 0.474. The quantitative estimate of drug-likeness (QED) is 0.739. The Morgan fingerprint density at radius 1 is 1.23 bits per heavy atom. The van der Waals surface area contributed by atoms with Crippen LogP contribution >= 0.6 is 11.6 Å². The molecule has 0 aromatic heterocycles. The monoisotopic (exact) mass is 378 g/mol. The fourth-order valence-electron chi connectivity index (χ4n) is 3.95. The lowest BCUT2D eigenvalue weighted by Crippen LogP contribution is -2.65. The van der Waals surface area contributed by atoms with E-state index in [0.29, 0.717) is 30.1 Å². The van der Waals surface area contributed by atoms with Crippen LogP contribution in [0.1, 0.15) is 12.8 Å². The number of anilines is 1. The van der Waals surface area contributed by atoms with Gasteiger partial charge in [-0.15, -0.1) is 6.58 Å². The largest absolute Gasteiger partial charge is 0.379 e. The van der Waals surface area contributed by atoms with Crippen LogP contribution in [0, 0.1) is 5.92 Å². The standard InChI is InChI=1S/C19H23ClN2O4/c1-4-8-21-15-11-17(26-3)16(25-2)10-14(15)18(23)22(19(21)24)13-7-5-6-12(20)9-13/h4-7,9,14-17H,1,8,10-11H2,2-3H3. The third-order valence-electron chi connectivity index (χ3n) is 5.21. The topological polar surface area (TPSA) is 59.1 Å². The minimum atomic E-state index is -0.358. The number of hydrogen-bond acceptors (Lipinski definition) is 4. The highest BCUT2D eigenvalue weighted by molar-refractivity contribution is 6.31. The number of ether oxygens (including phenoxy) is 2. The lowest BCUT2D eigenvalue weighted by atomic mass is 9.78. The van der Waals surface area contributed by atoms with Crippen LogP contribution in [0.25, 0.3) is 0 Å². The molecule has 3 rings (SSSR count). The first-order valence-corrected chi connectivity index (χ1v) is 8.96. The minimum Gasteiger partial charge on any atom is -0.379 e. The van der Waals surface area contributed by atoms with Gasteiger partial charge in [0.25, 0.3) is 0 Å². The van der Waals surface area contributed by atoms with E-state index in [1.54, 1.807) is 49.5 Å². The van der Waals surface area contributed by atoms with Gasteiger partial charge in [-0.05, 0) is 31.0 Å². The molecule has 0 N–H and O–H groups in total. The maximum atomic E-state index is 13.2. The van der Waals surface area contributed by atoms with Gasteiger partial charge in [0, 0.05) is 31.8 Å². The maximum Gasteiger partial charge on any atom is 0.331 e. The highest BCUT2D eigenvalue weighted by Crippen LogP contribution is 2.38. The highest BCUT2D eigenvalue weighted by atomic mass is 35.5. The Morgan fingerprint density at radius 3 is 2.54 bits per heavy atom. The molecule has 1 heterocycles. The molecule has 26 heavy (non-hydrogen) atoms. The van der Waals surface area contributed by atoms with Gasteiger partial charge in [-0.2, -0.15) is 0 Å². The van der Waals surface area contributed by atoms with E-state index in [4.69, 9.17) is 21.1 Å². The number of imide groups is 1. The van der Waals surface area contributed by atoms with Gasteiger partial charge in [-0.1, -0.05) is 23.7 Å². The lowest BCUT2D eigenvalue weighted by Gasteiger charge is -2.49. The van der Waals surface area contributed by atoms with E-state index in [0.717, 1.165) is 0 Å². The molecule has 1 aliphatic carbocycles. The second-order valence-corrected chi connectivity index (χ2v) is 7.01. The van der Waals surface area contributed by atoms with Crippen molar-refractivity contribution in [2.24, 2.45) is 5.92 Å². The predicted molar refractivity (Wildman–Crippen MR) is 99.3 cm³/mol. The van der Waals surface area contributed by atoms with Crippen LogP contribution in [-0.2, 0) is 14.3 Å². The van der Waals surface area contributed by atoms with Crippen molar-refractivity contribution in [2.45, 2.75) is 31.1 Å². The van der Waals surface area contributed by atoms with E-state index in [1.807, 2.05) is 0 Å². The summed E-state index contributed by atoms with van der Waals surface area (Å²) >= 11 is 6.06. The van der Waals surface area contributed by atoms with Gasteiger partial charge in [0.05, 0.1) is 23.8 Å². The molecule has 6 nitrogen and oxygen atoms in total. The first-order chi connectivity index (χ1) is 12.5. The van der Waals surface area contributed by atoms with E-state index in [1.165, 1.54) is 4.90 Å². The van der Waals surface area contributed by atoms with Crippen LogP contribution in [0.3, 0.4) is 0 Å². The average molecular weight is 379 g/mol. The first-order valence-electron chi connectivity index (χ1n) is 8.58. The molecule has 1 aromatic rings. The number of nitrogens with zero attached hydrogens (tertiary/aromatic N) is 2. The van der Waals surface area contributed by atoms with Gasteiger partial charge in [0.2, 0.25) is 5.91 Å². The maximum absolute atomic E-state index is 13.2. The number of rotatable bonds is 5. The molecule has 0 spiro atoms. The fourth-order valence-corrected chi connectivity index (χ4v) is 4.14. The summed E-state index contributed by atoms with van der Waals surface area (Å²) in [5.74, 6) is -0.581. The highest BCUT2D eigenvalue weighted by Gasteiger charge is 2.51. The molecule has 7 heteroatoms. The van der Waals surface area contributed by atoms with Crippen molar-refractivity contribution in [3.05, 3.63) is 41.9 Å². The molecule has 4 unspecified atom stereocenters. The summed E-state index contributed by atoms with van der Waals surface area (Å²) < 4.78 is 11.1. The Balaban J connectivity index is 1.99. The summed E-state index contributed by atoms with van der Waals surface area (Å²) in [6.45, 7) is 4.11. The molecule has 0 bridgehead atoms. The molecule has 1 aromatic carbocycles. The predicted octanol–water partition coefficient (Wildman–Crippen LogP) is 3.10. The molecular formula is C19H23ClN2O4. The molecule has 0 radical (unpaired) electrons. The Kier molecular flexibility index (Phi) is 5.65. The molecule has 3 amide bonds. The molecule has 1 saturated carbocycles. The number of carbonyl (C=O) groups is 2. The van der Waals surface area contributed by atoms with E-state index >= 15 is 0 Å². The van der Waals surface area contributed by atoms with Gasteiger partial charge >= 0.3 is 6.03 Å². The lowest BCUT2D eigenvalue weighted by molar-refractivity contribution is -0.137. The Bertz CT molecular complexity index is 711. The van der Waals surface area contributed by atoms with Crippen LogP contribution in [0.4, 0.5) is 10.5 Å². The van der Waals surface area contributed by atoms with Crippen LogP contribution in [-0.4, -0.2) is 55.9 Å². The number of carbonyl (C=O) groups excluding carboxylic acids is 2. The Labute approximate surface area is 158 Å². The van der Waals surface area contributed by atoms with Gasteiger partial charge < -0.3 is 14.4 Å². The minimum absolute atomic E-state index is 0.160. The van der Waals surface area contributed by atoms with Crippen molar-refractivity contribution in [3.63, 3.8) is 0 Å². The van der Waals surface area contributed by atoms with Gasteiger partial charge in [-0.3, -0.25) is 4.79 Å². The number of methoxy groups -OCH3 is 2. The van der Waals surface area contributed by atoms with E-state index in [-0.39, 0.29) is 36.1 Å². The zero-order valence-electron chi connectivity index (χ0n) is 14.9.